The lowest BCUT2D eigenvalue weighted by molar-refractivity contribution is -0.113. The molecule has 1 atom stereocenters. The Morgan fingerprint density at radius 3 is 2.73 bits per heavy atom. The van der Waals surface area contributed by atoms with Crippen molar-refractivity contribution in [1.82, 2.24) is 14.8 Å². The highest BCUT2D eigenvalue weighted by Crippen LogP contribution is 2.43. The van der Waals surface area contributed by atoms with E-state index in [0.29, 0.717) is 17.4 Å². The number of hydrogen-bond acceptors (Lipinski definition) is 5. The zero-order chi connectivity index (χ0) is 18.1. The van der Waals surface area contributed by atoms with Crippen LogP contribution in [0.25, 0.3) is 5.82 Å². The lowest BCUT2D eigenvalue weighted by Gasteiger charge is -2.15. The number of aryl methyl sites for hydroxylation is 1. The van der Waals surface area contributed by atoms with Crippen molar-refractivity contribution in [3.8, 4) is 11.6 Å². The molecule has 3 heterocycles. The molecule has 1 aliphatic heterocycles. The summed E-state index contributed by atoms with van der Waals surface area (Å²) in [4.78, 5) is 16.7. The third-order valence-electron chi connectivity index (χ3n) is 4.29. The number of anilines is 1. The number of carbonyl (C=O) groups excluding carboxylic acids is 1. The van der Waals surface area contributed by atoms with E-state index in [9.17, 15) is 4.79 Å². The average Bonchev–Trinajstić information content (AvgIpc) is 2.88. The third-order valence-corrected chi connectivity index (χ3v) is 5.56. The normalized spacial score (nSPS) is 16.5. The molecule has 1 aliphatic rings. The number of hydrogen-bond donors (Lipinski definition) is 1. The molecule has 0 radical (unpaired) electrons. The van der Waals surface area contributed by atoms with E-state index in [1.54, 1.807) is 29.8 Å². The van der Waals surface area contributed by atoms with Crippen LogP contribution in [0.5, 0.6) is 5.75 Å². The summed E-state index contributed by atoms with van der Waals surface area (Å²) >= 11 is 1.60. The van der Waals surface area contributed by atoms with E-state index in [-0.39, 0.29) is 11.2 Å². The molecule has 0 spiro atoms. The number of pyridine rings is 1. The third kappa shape index (κ3) is 2.94. The summed E-state index contributed by atoms with van der Waals surface area (Å²) in [5.41, 5.74) is 3.00. The summed E-state index contributed by atoms with van der Waals surface area (Å²) < 4.78 is 6.97. The maximum absolute atomic E-state index is 12.3. The van der Waals surface area contributed by atoms with Crippen molar-refractivity contribution in [2.45, 2.75) is 12.2 Å². The summed E-state index contributed by atoms with van der Waals surface area (Å²) in [6.07, 6.45) is 1.72. The quantitative estimate of drug-likeness (QED) is 0.770. The van der Waals surface area contributed by atoms with E-state index in [0.717, 1.165) is 22.6 Å². The molecule has 0 saturated carbocycles. The van der Waals surface area contributed by atoms with E-state index in [1.807, 2.05) is 49.4 Å². The first kappa shape index (κ1) is 16.7. The summed E-state index contributed by atoms with van der Waals surface area (Å²) in [6, 6.07) is 13.6. The minimum atomic E-state index is -0.0376. The molecule has 0 saturated heterocycles. The number of benzene rings is 1. The second-order valence-electron chi connectivity index (χ2n) is 5.96. The lowest BCUT2D eigenvalue weighted by Crippen LogP contribution is -2.16. The van der Waals surface area contributed by atoms with Crippen molar-refractivity contribution >= 4 is 23.5 Å². The Labute approximate surface area is 155 Å². The molecular formula is C19H18N4O2S. The topological polar surface area (TPSA) is 69.0 Å². The highest BCUT2D eigenvalue weighted by atomic mass is 32.2. The molecule has 3 aromatic rings. The number of methoxy groups -OCH3 is 1. The number of fused-ring (bicyclic) bond motifs is 1. The van der Waals surface area contributed by atoms with Gasteiger partial charge in [-0.05, 0) is 36.8 Å². The number of nitrogens with one attached hydrogen (secondary N) is 1. The predicted molar refractivity (Wildman–Crippen MR) is 102 cm³/mol. The van der Waals surface area contributed by atoms with Gasteiger partial charge < -0.3 is 10.1 Å². The summed E-state index contributed by atoms with van der Waals surface area (Å²) in [6.45, 7) is 1.97. The molecule has 0 unspecified atom stereocenters. The van der Waals surface area contributed by atoms with Gasteiger partial charge in [0.05, 0.1) is 23.8 Å². The van der Waals surface area contributed by atoms with Crippen LogP contribution in [-0.4, -0.2) is 33.5 Å². The SMILES string of the molecule is COc1ccc([C@H]2SCC(=O)Nc3c2c(C)nn3-c2ccccn2)cc1. The standard InChI is InChI=1S/C19H18N4O2S/c1-12-17-18(13-6-8-14(25-2)9-7-13)26-11-16(24)21-19(17)23(22-12)15-5-3-4-10-20-15/h3-10,18H,11H2,1-2H3,(H,21,24)/t18-/m1/s1. The van der Waals surface area contributed by atoms with Crippen LogP contribution in [0.4, 0.5) is 5.82 Å². The van der Waals surface area contributed by atoms with Gasteiger partial charge in [0.25, 0.3) is 0 Å². The fourth-order valence-corrected chi connectivity index (χ4v) is 4.26. The van der Waals surface area contributed by atoms with E-state index in [4.69, 9.17) is 4.74 Å². The van der Waals surface area contributed by atoms with Gasteiger partial charge in [-0.1, -0.05) is 18.2 Å². The van der Waals surface area contributed by atoms with Gasteiger partial charge in [-0.25, -0.2) is 4.98 Å². The fourth-order valence-electron chi connectivity index (χ4n) is 3.07. The number of ether oxygens (including phenoxy) is 1. The first-order valence-corrected chi connectivity index (χ1v) is 9.28. The van der Waals surface area contributed by atoms with Crippen LogP contribution in [0.15, 0.2) is 48.7 Å². The lowest BCUT2D eigenvalue weighted by atomic mass is 10.0. The van der Waals surface area contributed by atoms with Gasteiger partial charge in [0.2, 0.25) is 5.91 Å². The Hall–Kier alpha value is -2.80. The van der Waals surface area contributed by atoms with Gasteiger partial charge in [-0.3, -0.25) is 4.79 Å². The Bertz CT molecular complexity index is 938. The molecular weight excluding hydrogens is 348 g/mol. The van der Waals surface area contributed by atoms with Crippen LogP contribution in [0, 0.1) is 6.92 Å². The van der Waals surface area contributed by atoms with Crippen molar-refractivity contribution in [2.75, 3.05) is 18.2 Å². The van der Waals surface area contributed by atoms with E-state index >= 15 is 0 Å². The van der Waals surface area contributed by atoms with E-state index in [1.165, 1.54) is 0 Å². The van der Waals surface area contributed by atoms with Crippen LogP contribution < -0.4 is 10.1 Å². The molecule has 4 rings (SSSR count). The van der Waals surface area contributed by atoms with Gasteiger partial charge in [0.15, 0.2) is 5.82 Å². The van der Waals surface area contributed by atoms with Crippen molar-refractivity contribution in [1.29, 1.82) is 0 Å². The van der Waals surface area contributed by atoms with Gasteiger partial charge >= 0.3 is 0 Å². The van der Waals surface area contributed by atoms with Crippen LogP contribution in [0.1, 0.15) is 22.1 Å². The minimum absolute atomic E-state index is 0.00678. The Balaban J connectivity index is 1.85. The molecule has 0 fully saturated rings. The van der Waals surface area contributed by atoms with Crippen LogP contribution in [-0.2, 0) is 4.79 Å². The summed E-state index contributed by atoms with van der Waals surface area (Å²) in [5.74, 6) is 2.52. The monoisotopic (exact) mass is 366 g/mol. The molecule has 0 aliphatic carbocycles. The highest BCUT2D eigenvalue weighted by molar-refractivity contribution is 8.00. The largest absolute Gasteiger partial charge is 0.497 e. The van der Waals surface area contributed by atoms with Crippen molar-refractivity contribution in [3.05, 3.63) is 65.5 Å². The highest BCUT2D eigenvalue weighted by Gasteiger charge is 2.30. The van der Waals surface area contributed by atoms with Gasteiger partial charge in [-0.15, -0.1) is 11.8 Å². The number of carbonyl (C=O) groups is 1. The predicted octanol–water partition coefficient (Wildman–Crippen LogP) is 3.36. The smallest absolute Gasteiger partial charge is 0.235 e. The van der Waals surface area contributed by atoms with Crippen molar-refractivity contribution in [2.24, 2.45) is 0 Å². The molecule has 0 bridgehead atoms. The average molecular weight is 366 g/mol. The van der Waals surface area contributed by atoms with Crippen LogP contribution in [0.3, 0.4) is 0 Å². The first-order valence-electron chi connectivity index (χ1n) is 8.23. The molecule has 26 heavy (non-hydrogen) atoms. The Kier molecular flexibility index (Phi) is 4.38. The zero-order valence-electron chi connectivity index (χ0n) is 14.5. The number of thioether (sulfide) groups is 1. The number of rotatable bonds is 3. The first-order chi connectivity index (χ1) is 12.7. The number of aromatic nitrogens is 3. The van der Waals surface area contributed by atoms with Crippen molar-refractivity contribution in [3.63, 3.8) is 0 Å². The van der Waals surface area contributed by atoms with Crippen LogP contribution in [0.2, 0.25) is 0 Å². The molecule has 1 amide bonds. The molecule has 132 valence electrons. The summed E-state index contributed by atoms with van der Waals surface area (Å²) in [5, 5.41) is 7.66. The molecule has 6 nitrogen and oxygen atoms in total. The van der Waals surface area contributed by atoms with Crippen molar-refractivity contribution < 1.29 is 9.53 Å². The van der Waals surface area contributed by atoms with Gasteiger partial charge in [0.1, 0.15) is 11.6 Å². The number of amides is 1. The second kappa shape index (κ2) is 6.84. The van der Waals surface area contributed by atoms with E-state index in [2.05, 4.69) is 15.4 Å². The molecule has 7 heteroatoms. The maximum atomic E-state index is 12.3. The molecule has 1 aromatic carbocycles. The molecule has 2 aromatic heterocycles. The van der Waals surface area contributed by atoms with Gasteiger partial charge in [0, 0.05) is 11.8 Å². The summed E-state index contributed by atoms with van der Waals surface area (Å²) in [7, 11) is 1.65. The van der Waals surface area contributed by atoms with E-state index < -0.39 is 0 Å². The maximum Gasteiger partial charge on any atom is 0.235 e. The second-order valence-corrected chi connectivity index (χ2v) is 7.05. The number of nitrogens with zero attached hydrogens (tertiary/aromatic N) is 3. The van der Waals surface area contributed by atoms with Crippen LogP contribution >= 0.6 is 11.8 Å². The Morgan fingerprint density at radius 1 is 1.23 bits per heavy atom. The zero-order valence-corrected chi connectivity index (χ0v) is 15.3. The fraction of sp³-hybridized carbons (Fsp3) is 0.211. The van der Waals surface area contributed by atoms with Gasteiger partial charge in [-0.2, -0.15) is 9.78 Å². The molecule has 1 N–H and O–H groups in total. The minimum Gasteiger partial charge on any atom is -0.497 e. The Morgan fingerprint density at radius 2 is 2.04 bits per heavy atom.